The van der Waals surface area contributed by atoms with Gasteiger partial charge in [-0.15, -0.1) is 0 Å². The molecule has 2 rings (SSSR count). The lowest BCUT2D eigenvalue weighted by Crippen LogP contribution is -2.49. The molecule has 182 valence electrons. The molecule has 7 nitrogen and oxygen atoms in total. The SMILES string of the molecule is COCCOCOc1cc2c(c(F)c1I)CC(N(CCC(C)C)C(=O)OC(C)(C)C)CN2. The summed E-state index contributed by atoms with van der Waals surface area (Å²) in [5.41, 5.74) is 0.640. The van der Waals surface area contributed by atoms with Crippen LogP contribution in [0.25, 0.3) is 0 Å². The molecule has 0 aromatic heterocycles. The maximum Gasteiger partial charge on any atom is 0.410 e. The lowest BCUT2D eigenvalue weighted by molar-refractivity contribution is -0.00900. The fourth-order valence-electron chi connectivity index (χ4n) is 3.31. The molecule has 1 aromatic carbocycles. The number of ether oxygens (including phenoxy) is 4. The average Bonchev–Trinajstić information content (AvgIpc) is 2.70. The molecule has 0 radical (unpaired) electrons. The van der Waals surface area contributed by atoms with Crippen molar-refractivity contribution in [3.8, 4) is 5.75 Å². The van der Waals surface area contributed by atoms with E-state index in [0.717, 1.165) is 6.42 Å². The average molecular weight is 566 g/mol. The molecule has 0 bridgehead atoms. The molecule has 9 heteroatoms. The topological polar surface area (TPSA) is 69.3 Å². The van der Waals surface area contributed by atoms with Crippen molar-refractivity contribution in [3.05, 3.63) is 21.0 Å². The van der Waals surface area contributed by atoms with Crippen molar-refractivity contribution in [2.45, 2.75) is 59.1 Å². The summed E-state index contributed by atoms with van der Waals surface area (Å²) in [4.78, 5) is 14.7. The number of nitrogens with one attached hydrogen (secondary N) is 1. The second kappa shape index (κ2) is 12.2. The van der Waals surface area contributed by atoms with Crippen LogP contribution in [0.1, 0.15) is 46.6 Å². The number of benzene rings is 1. The first-order chi connectivity index (χ1) is 15.0. The summed E-state index contributed by atoms with van der Waals surface area (Å²) in [5, 5.41) is 3.28. The van der Waals surface area contributed by atoms with Crippen LogP contribution in [0, 0.1) is 15.3 Å². The van der Waals surface area contributed by atoms with E-state index in [4.69, 9.17) is 18.9 Å². The summed E-state index contributed by atoms with van der Waals surface area (Å²) in [6, 6.07) is 1.59. The molecule has 0 aliphatic carbocycles. The van der Waals surface area contributed by atoms with E-state index in [-0.39, 0.29) is 24.7 Å². The lowest BCUT2D eigenvalue weighted by atomic mass is 9.97. The van der Waals surface area contributed by atoms with Gasteiger partial charge in [0.05, 0.1) is 22.8 Å². The van der Waals surface area contributed by atoms with Gasteiger partial charge in [-0.05, 0) is 62.1 Å². The van der Waals surface area contributed by atoms with Gasteiger partial charge < -0.3 is 29.2 Å². The Bertz CT molecular complexity index is 770. The van der Waals surface area contributed by atoms with Gasteiger partial charge in [0.1, 0.15) is 17.2 Å². The predicted molar refractivity (Wildman–Crippen MR) is 131 cm³/mol. The van der Waals surface area contributed by atoms with Crippen LogP contribution in [0.4, 0.5) is 14.9 Å². The molecule has 0 saturated heterocycles. The van der Waals surface area contributed by atoms with Gasteiger partial charge >= 0.3 is 6.09 Å². The normalized spacial score (nSPS) is 15.8. The summed E-state index contributed by atoms with van der Waals surface area (Å²) in [6.07, 6.45) is 0.890. The van der Waals surface area contributed by atoms with E-state index in [1.165, 1.54) is 0 Å². The number of rotatable bonds is 10. The minimum Gasteiger partial charge on any atom is -0.466 e. The summed E-state index contributed by atoms with van der Waals surface area (Å²) in [5.74, 6) is 0.529. The number of hydrogen-bond acceptors (Lipinski definition) is 6. The predicted octanol–water partition coefficient (Wildman–Crippen LogP) is 5.05. The number of carbonyl (C=O) groups is 1. The molecule has 1 N–H and O–H groups in total. The van der Waals surface area contributed by atoms with Gasteiger partial charge in [0.2, 0.25) is 0 Å². The minimum absolute atomic E-state index is 0.0157. The van der Waals surface area contributed by atoms with E-state index in [9.17, 15) is 4.79 Å². The van der Waals surface area contributed by atoms with Gasteiger partial charge in [-0.3, -0.25) is 0 Å². The lowest BCUT2D eigenvalue weighted by Gasteiger charge is -2.37. The Morgan fingerprint density at radius 3 is 2.69 bits per heavy atom. The highest BCUT2D eigenvalue weighted by molar-refractivity contribution is 14.1. The third-order valence-corrected chi connectivity index (χ3v) is 5.99. The molecule has 1 aromatic rings. The fourth-order valence-corrected chi connectivity index (χ4v) is 3.94. The summed E-state index contributed by atoms with van der Waals surface area (Å²) >= 11 is 1.95. The number of anilines is 1. The van der Waals surface area contributed by atoms with Gasteiger partial charge in [0, 0.05) is 37.5 Å². The zero-order chi connectivity index (χ0) is 23.9. The third-order valence-electron chi connectivity index (χ3n) is 4.99. The van der Waals surface area contributed by atoms with Crippen LogP contribution >= 0.6 is 22.6 Å². The first-order valence-corrected chi connectivity index (χ1v) is 12.0. The molecule has 0 saturated carbocycles. The second-order valence-electron chi connectivity index (χ2n) is 9.29. The number of methoxy groups -OCH3 is 1. The van der Waals surface area contributed by atoms with E-state index in [0.29, 0.717) is 59.2 Å². The van der Waals surface area contributed by atoms with Crippen molar-refractivity contribution in [2.24, 2.45) is 5.92 Å². The summed E-state index contributed by atoms with van der Waals surface area (Å²) < 4.78 is 37.2. The smallest absolute Gasteiger partial charge is 0.410 e. The highest BCUT2D eigenvalue weighted by Crippen LogP contribution is 2.36. The monoisotopic (exact) mass is 566 g/mol. The molecule has 1 heterocycles. The van der Waals surface area contributed by atoms with Crippen molar-refractivity contribution in [1.82, 2.24) is 4.90 Å². The summed E-state index contributed by atoms with van der Waals surface area (Å²) in [7, 11) is 1.59. The standard InChI is InChI=1S/C23H36FIN2O5/c1-15(2)7-8-27(22(28)32-23(3,4)5)16-11-17-18(26-13-16)12-19(21(25)20(17)24)31-14-30-10-9-29-6/h12,15-16,26H,7-11,13-14H2,1-6H3. The Labute approximate surface area is 204 Å². The maximum absolute atomic E-state index is 15.3. The van der Waals surface area contributed by atoms with Crippen molar-refractivity contribution in [2.75, 3.05) is 45.5 Å². The Morgan fingerprint density at radius 1 is 1.34 bits per heavy atom. The Balaban J connectivity index is 2.16. The fraction of sp³-hybridized carbons (Fsp3) is 0.696. The molecule has 1 atom stereocenters. The molecular formula is C23H36FIN2O5. The van der Waals surface area contributed by atoms with Crippen LogP contribution in [-0.2, 0) is 20.6 Å². The first kappa shape index (κ1) is 26.9. The Hall–Kier alpha value is -1.33. The minimum atomic E-state index is -0.592. The highest BCUT2D eigenvalue weighted by Gasteiger charge is 2.33. The van der Waals surface area contributed by atoms with Crippen molar-refractivity contribution >= 4 is 34.4 Å². The van der Waals surface area contributed by atoms with Crippen LogP contribution < -0.4 is 10.1 Å². The van der Waals surface area contributed by atoms with Crippen molar-refractivity contribution < 1.29 is 28.1 Å². The molecule has 1 unspecified atom stereocenters. The maximum atomic E-state index is 15.3. The number of carbonyl (C=O) groups excluding carboxylic acids is 1. The Kier molecular flexibility index (Phi) is 10.3. The highest BCUT2D eigenvalue weighted by atomic mass is 127. The zero-order valence-corrected chi connectivity index (χ0v) is 22.1. The molecular weight excluding hydrogens is 530 g/mol. The van der Waals surface area contributed by atoms with Crippen molar-refractivity contribution in [1.29, 1.82) is 0 Å². The van der Waals surface area contributed by atoms with Gasteiger partial charge in [-0.2, -0.15) is 0 Å². The van der Waals surface area contributed by atoms with Crippen LogP contribution in [-0.4, -0.2) is 62.8 Å². The van der Waals surface area contributed by atoms with E-state index in [1.807, 2.05) is 43.4 Å². The number of hydrogen-bond donors (Lipinski definition) is 1. The van der Waals surface area contributed by atoms with Gasteiger partial charge in [-0.25, -0.2) is 9.18 Å². The van der Waals surface area contributed by atoms with Gasteiger partial charge in [0.15, 0.2) is 6.79 Å². The Morgan fingerprint density at radius 2 is 2.06 bits per heavy atom. The largest absolute Gasteiger partial charge is 0.466 e. The summed E-state index contributed by atoms with van der Waals surface area (Å²) in [6.45, 7) is 11.7. The molecule has 0 spiro atoms. The van der Waals surface area contributed by atoms with Crippen LogP contribution in [0.3, 0.4) is 0 Å². The quantitative estimate of drug-likeness (QED) is 0.243. The van der Waals surface area contributed by atoms with Gasteiger partial charge in [0.25, 0.3) is 0 Å². The van der Waals surface area contributed by atoms with Crippen molar-refractivity contribution in [3.63, 3.8) is 0 Å². The molecule has 1 aliphatic heterocycles. The first-order valence-electron chi connectivity index (χ1n) is 11.0. The van der Waals surface area contributed by atoms with E-state index in [2.05, 4.69) is 19.2 Å². The van der Waals surface area contributed by atoms with Crippen LogP contribution in [0.2, 0.25) is 0 Å². The van der Waals surface area contributed by atoms with E-state index >= 15 is 4.39 Å². The number of amides is 1. The molecule has 1 aliphatic rings. The van der Waals surface area contributed by atoms with Gasteiger partial charge in [-0.1, -0.05) is 13.8 Å². The number of halogens is 2. The molecule has 32 heavy (non-hydrogen) atoms. The number of fused-ring (bicyclic) bond motifs is 1. The number of nitrogens with zero attached hydrogens (tertiary/aromatic N) is 1. The molecule has 0 fully saturated rings. The van der Waals surface area contributed by atoms with Crippen LogP contribution in [0.5, 0.6) is 5.75 Å². The second-order valence-corrected chi connectivity index (χ2v) is 10.4. The van der Waals surface area contributed by atoms with E-state index < -0.39 is 5.60 Å². The third kappa shape index (κ3) is 7.91. The van der Waals surface area contributed by atoms with Crippen LogP contribution in [0.15, 0.2) is 6.07 Å². The zero-order valence-electron chi connectivity index (χ0n) is 19.9. The molecule has 1 amide bonds. The van der Waals surface area contributed by atoms with E-state index in [1.54, 1.807) is 18.1 Å².